The topological polar surface area (TPSA) is 29.9 Å². The van der Waals surface area contributed by atoms with Gasteiger partial charge in [-0.3, -0.25) is 4.68 Å². The minimum atomic E-state index is 0.645. The molecule has 1 saturated carbocycles. The summed E-state index contributed by atoms with van der Waals surface area (Å²) in [4.78, 5) is 0. The summed E-state index contributed by atoms with van der Waals surface area (Å²) < 4.78 is 1.88. The normalized spacial score (nSPS) is 25.2. The van der Waals surface area contributed by atoms with Crippen molar-refractivity contribution in [2.75, 3.05) is 0 Å². The second-order valence-electron chi connectivity index (χ2n) is 4.87. The quantitative estimate of drug-likeness (QED) is 0.882. The van der Waals surface area contributed by atoms with Crippen molar-refractivity contribution >= 4 is 11.6 Å². The fraction of sp³-hybridized carbons (Fsp3) is 0.750. The van der Waals surface area contributed by atoms with Gasteiger partial charge in [-0.2, -0.15) is 5.10 Å². The van der Waals surface area contributed by atoms with Crippen molar-refractivity contribution in [1.82, 2.24) is 15.1 Å². The second-order valence-corrected chi connectivity index (χ2v) is 5.24. The van der Waals surface area contributed by atoms with Crippen LogP contribution in [0.2, 0.25) is 5.02 Å². The van der Waals surface area contributed by atoms with Gasteiger partial charge in [-0.05, 0) is 25.7 Å². The first-order valence-electron chi connectivity index (χ1n) is 6.01. The molecule has 1 aliphatic rings. The summed E-state index contributed by atoms with van der Waals surface area (Å²) in [5.74, 6) is 0.785. The highest BCUT2D eigenvalue weighted by Gasteiger charge is 2.23. The molecule has 0 spiro atoms. The first-order valence-corrected chi connectivity index (χ1v) is 6.38. The zero-order chi connectivity index (χ0) is 11.7. The van der Waals surface area contributed by atoms with Crippen LogP contribution in [0.4, 0.5) is 0 Å². The lowest BCUT2D eigenvalue weighted by Crippen LogP contribution is -2.31. The Labute approximate surface area is 102 Å². The highest BCUT2D eigenvalue weighted by Crippen LogP contribution is 2.26. The molecule has 4 heteroatoms. The van der Waals surface area contributed by atoms with Crippen molar-refractivity contribution in [3.05, 3.63) is 16.4 Å². The predicted octanol–water partition coefficient (Wildman–Crippen LogP) is 2.66. The van der Waals surface area contributed by atoms with Gasteiger partial charge in [-0.25, -0.2) is 0 Å². The standard InChI is InChI=1S/C12H20ClN3/c1-8-5-4-6-10(8)14-7-11-12(13)9(2)15-16(11)3/h8,10,14H,4-7H2,1-3H3. The smallest absolute Gasteiger partial charge is 0.0860 e. The maximum Gasteiger partial charge on any atom is 0.0860 e. The van der Waals surface area contributed by atoms with E-state index in [9.17, 15) is 0 Å². The van der Waals surface area contributed by atoms with Crippen LogP contribution in [-0.2, 0) is 13.6 Å². The van der Waals surface area contributed by atoms with Crippen molar-refractivity contribution in [1.29, 1.82) is 0 Å². The number of halogens is 1. The van der Waals surface area contributed by atoms with Gasteiger partial charge in [0.2, 0.25) is 0 Å². The number of aryl methyl sites for hydroxylation is 2. The van der Waals surface area contributed by atoms with Gasteiger partial charge in [-0.1, -0.05) is 24.9 Å². The molecule has 1 aromatic heterocycles. The minimum Gasteiger partial charge on any atom is -0.308 e. The van der Waals surface area contributed by atoms with Crippen LogP contribution >= 0.6 is 11.6 Å². The molecule has 16 heavy (non-hydrogen) atoms. The summed E-state index contributed by atoms with van der Waals surface area (Å²) in [5, 5.41) is 8.72. The average molecular weight is 242 g/mol. The molecule has 90 valence electrons. The third kappa shape index (κ3) is 2.25. The SMILES string of the molecule is Cc1nn(C)c(CNC2CCCC2C)c1Cl. The molecule has 0 radical (unpaired) electrons. The zero-order valence-electron chi connectivity index (χ0n) is 10.3. The molecule has 1 fully saturated rings. The van der Waals surface area contributed by atoms with E-state index in [-0.39, 0.29) is 0 Å². The van der Waals surface area contributed by atoms with Crippen LogP contribution in [0.25, 0.3) is 0 Å². The molecule has 2 unspecified atom stereocenters. The molecule has 0 bridgehead atoms. The van der Waals surface area contributed by atoms with Gasteiger partial charge in [-0.15, -0.1) is 0 Å². The summed E-state index contributed by atoms with van der Waals surface area (Å²) in [6.45, 7) is 5.09. The Morgan fingerprint density at radius 1 is 1.50 bits per heavy atom. The first kappa shape index (κ1) is 11.9. The van der Waals surface area contributed by atoms with E-state index in [2.05, 4.69) is 17.3 Å². The van der Waals surface area contributed by atoms with Gasteiger partial charge >= 0.3 is 0 Å². The van der Waals surface area contributed by atoms with Crippen molar-refractivity contribution in [2.24, 2.45) is 13.0 Å². The van der Waals surface area contributed by atoms with E-state index < -0.39 is 0 Å². The summed E-state index contributed by atoms with van der Waals surface area (Å²) >= 11 is 6.21. The molecular formula is C12H20ClN3. The number of hydrogen-bond donors (Lipinski definition) is 1. The lowest BCUT2D eigenvalue weighted by molar-refractivity contribution is 0.419. The van der Waals surface area contributed by atoms with E-state index in [4.69, 9.17) is 11.6 Å². The monoisotopic (exact) mass is 241 g/mol. The molecule has 1 aromatic rings. The summed E-state index contributed by atoms with van der Waals surface area (Å²) in [6.07, 6.45) is 3.97. The lowest BCUT2D eigenvalue weighted by atomic mass is 10.1. The molecule has 1 N–H and O–H groups in total. The molecule has 2 rings (SSSR count). The van der Waals surface area contributed by atoms with Gasteiger partial charge in [0.15, 0.2) is 0 Å². The predicted molar refractivity (Wildman–Crippen MR) is 66.6 cm³/mol. The summed E-state index contributed by atoms with van der Waals surface area (Å²) in [5.41, 5.74) is 2.01. The van der Waals surface area contributed by atoms with Gasteiger partial charge in [0, 0.05) is 19.6 Å². The van der Waals surface area contributed by atoms with Gasteiger partial charge < -0.3 is 5.32 Å². The number of hydrogen-bond acceptors (Lipinski definition) is 2. The molecular weight excluding hydrogens is 222 g/mol. The average Bonchev–Trinajstić information content (AvgIpc) is 2.72. The van der Waals surface area contributed by atoms with Gasteiger partial charge in [0.1, 0.15) is 0 Å². The Balaban J connectivity index is 1.99. The number of rotatable bonds is 3. The first-order chi connectivity index (χ1) is 7.59. The maximum absolute atomic E-state index is 6.21. The molecule has 0 saturated heterocycles. The third-order valence-electron chi connectivity index (χ3n) is 3.65. The molecule has 1 heterocycles. The number of nitrogens with one attached hydrogen (secondary N) is 1. The molecule has 0 aliphatic heterocycles. The summed E-state index contributed by atoms with van der Waals surface area (Å²) in [7, 11) is 1.95. The van der Waals surface area contributed by atoms with E-state index in [0.29, 0.717) is 6.04 Å². The third-order valence-corrected chi connectivity index (χ3v) is 4.15. The minimum absolute atomic E-state index is 0.645. The van der Waals surface area contributed by atoms with Crippen LogP contribution in [0.1, 0.15) is 37.6 Å². The molecule has 0 aromatic carbocycles. The van der Waals surface area contributed by atoms with E-state index in [0.717, 1.165) is 28.9 Å². The summed E-state index contributed by atoms with van der Waals surface area (Å²) in [6, 6.07) is 0.645. The van der Waals surface area contributed by atoms with Crippen molar-refractivity contribution in [2.45, 2.75) is 45.7 Å². The second kappa shape index (κ2) is 4.76. The molecule has 3 nitrogen and oxygen atoms in total. The van der Waals surface area contributed by atoms with Crippen LogP contribution in [0.5, 0.6) is 0 Å². The van der Waals surface area contributed by atoms with E-state index in [1.54, 1.807) is 0 Å². The fourth-order valence-corrected chi connectivity index (χ4v) is 2.78. The van der Waals surface area contributed by atoms with E-state index >= 15 is 0 Å². The molecule has 0 amide bonds. The Morgan fingerprint density at radius 3 is 2.75 bits per heavy atom. The van der Waals surface area contributed by atoms with Crippen LogP contribution in [0.3, 0.4) is 0 Å². The largest absolute Gasteiger partial charge is 0.308 e. The lowest BCUT2D eigenvalue weighted by Gasteiger charge is -2.17. The van der Waals surface area contributed by atoms with Crippen LogP contribution in [0.15, 0.2) is 0 Å². The number of nitrogens with zero attached hydrogens (tertiary/aromatic N) is 2. The number of aromatic nitrogens is 2. The Kier molecular flexibility index (Phi) is 3.55. The van der Waals surface area contributed by atoms with E-state index in [1.165, 1.54) is 19.3 Å². The molecule has 1 aliphatic carbocycles. The highest BCUT2D eigenvalue weighted by atomic mass is 35.5. The van der Waals surface area contributed by atoms with Gasteiger partial charge in [0.25, 0.3) is 0 Å². The molecule has 2 atom stereocenters. The van der Waals surface area contributed by atoms with Crippen LogP contribution < -0.4 is 5.32 Å². The van der Waals surface area contributed by atoms with Crippen LogP contribution in [-0.4, -0.2) is 15.8 Å². The van der Waals surface area contributed by atoms with E-state index in [1.807, 2.05) is 18.7 Å². The van der Waals surface area contributed by atoms with Crippen molar-refractivity contribution in [3.63, 3.8) is 0 Å². The van der Waals surface area contributed by atoms with Gasteiger partial charge in [0.05, 0.1) is 16.4 Å². The zero-order valence-corrected chi connectivity index (χ0v) is 11.0. The highest BCUT2D eigenvalue weighted by molar-refractivity contribution is 6.31. The fourth-order valence-electron chi connectivity index (χ4n) is 2.55. The van der Waals surface area contributed by atoms with Crippen molar-refractivity contribution in [3.8, 4) is 0 Å². The Bertz CT molecular complexity index is 373. The maximum atomic E-state index is 6.21. The Morgan fingerprint density at radius 2 is 2.25 bits per heavy atom. The van der Waals surface area contributed by atoms with Crippen LogP contribution in [0, 0.1) is 12.8 Å². The van der Waals surface area contributed by atoms with Crippen molar-refractivity contribution < 1.29 is 0 Å². The Hall–Kier alpha value is -0.540.